The van der Waals surface area contributed by atoms with Gasteiger partial charge in [-0.2, -0.15) is 0 Å². The largest absolute Gasteiger partial charge is 0.354 e. The smallest absolute Gasteiger partial charge is 0.220 e. The molecule has 0 rings (SSSR count). The van der Waals surface area contributed by atoms with E-state index in [2.05, 4.69) is 38.3 Å². The Morgan fingerprint density at radius 3 is 1.16 bits per heavy atom. The zero-order chi connectivity index (χ0) is 27.4. The van der Waals surface area contributed by atoms with Crippen molar-refractivity contribution in [3.05, 3.63) is 0 Å². The number of carbonyl (C=O) groups excluding carboxylic acids is 2. The van der Waals surface area contributed by atoms with E-state index in [-0.39, 0.29) is 17.9 Å². The van der Waals surface area contributed by atoms with Crippen LogP contribution < -0.4 is 10.6 Å². The fraction of sp³-hybridized carbons (Fsp3) is 0.939. The van der Waals surface area contributed by atoms with E-state index in [4.69, 9.17) is 0 Å². The van der Waals surface area contributed by atoms with E-state index in [0.29, 0.717) is 25.3 Å². The second-order valence-electron chi connectivity index (χ2n) is 11.8. The molecular weight excluding hydrogens is 456 g/mol. The molecule has 220 valence electrons. The standard InChI is InChI=1S/C33H66N2O2/c1-5-7-9-11-13-15-17-19-21-23-25-27-32(36)34-29-31(30(3)4)35-33(37)28-26-24-22-20-18-16-14-12-10-8-6-2/h30-31H,5-29H2,1-4H3,(H,34,36)(H,35,37)/t31-/m0/s1. The first-order valence-corrected chi connectivity index (χ1v) is 16.6. The van der Waals surface area contributed by atoms with Crippen LogP contribution in [0.4, 0.5) is 0 Å². The van der Waals surface area contributed by atoms with Crippen molar-refractivity contribution < 1.29 is 9.59 Å². The number of rotatable bonds is 28. The van der Waals surface area contributed by atoms with Crippen LogP contribution in [0.25, 0.3) is 0 Å². The fourth-order valence-corrected chi connectivity index (χ4v) is 4.94. The Morgan fingerprint density at radius 2 is 0.811 bits per heavy atom. The van der Waals surface area contributed by atoms with Gasteiger partial charge in [-0.15, -0.1) is 0 Å². The molecule has 0 bridgehead atoms. The van der Waals surface area contributed by atoms with Gasteiger partial charge >= 0.3 is 0 Å². The van der Waals surface area contributed by atoms with Crippen LogP contribution in [0.2, 0.25) is 0 Å². The molecule has 0 saturated carbocycles. The summed E-state index contributed by atoms with van der Waals surface area (Å²) in [6.45, 7) is 9.30. The molecule has 0 heterocycles. The van der Waals surface area contributed by atoms with Crippen LogP contribution >= 0.6 is 0 Å². The lowest BCUT2D eigenvalue weighted by atomic mass is 10.0. The molecule has 0 spiro atoms. The summed E-state index contributed by atoms with van der Waals surface area (Å²) in [5.41, 5.74) is 0. The van der Waals surface area contributed by atoms with Crippen LogP contribution in [0.5, 0.6) is 0 Å². The van der Waals surface area contributed by atoms with Gasteiger partial charge in [-0.05, 0) is 18.8 Å². The second kappa shape index (κ2) is 28.0. The SMILES string of the molecule is CCCCCCCCCCCCCC(=O)NC[C@H](NC(=O)CCCCCCCCCCCCC)C(C)C. The maximum atomic E-state index is 12.4. The van der Waals surface area contributed by atoms with Gasteiger partial charge in [0.25, 0.3) is 0 Å². The number of unbranched alkanes of at least 4 members (excludes halogenated alkanes) is 20. The van der Waals surface area contributed by atoms with Crippen LogP contribution in [0, 0.1) is 5.92 Å². The fourth-order valence-electron chi connectivity index (χ4n) is 4.94. The number of amides is 2. The lowest BCUT2D eigenvalue weighted by Gasteiger charge is -2.23. The highest BCUT2D eigenvalue weighted by molar-refractivity contribution is 5.77. The Balaban J connectivity index is 3.70. The topological polar surface area (TPSA) is 58.2 Å². The van der Waals surface area contributed by atoms with Crippen LogP contribution in [0.3, 0.4) is 0 Å². The highest BCUT2D eigenvalue weighted by Crippen LogP contribution is 2.13. The summed E-state index contributed by atoms with van der Waals surface area (Å²) in [6.07, 6.45) is 29.7. The summed E-state index contributed by atoms with van der Waals surface area (Å²) in [4.78, 5) is 24.7. The quantitative estimate of drug-likeness (QED) is 0.100. The van der Waals surface area contributed by atoms with Crippen molar-refractivity contribution in [3.8, 4) is 0 Å². The predicted octanol–water partition coefficient (Wildman–Crippen LogP) is 9.65. The molecule has 0 aliphatic heterocycles. The van der Waals surface area contributed by atoms with Crippen molar-refractivity contribution in [2.45, 2.75) is 188 Å². The highest BCUT2D eigenvalue weighted by atomic mass is 16.2. The summed E-state index contributed by atoms with van der Waals surface area (Å²) in [5.74, 6) is 0.568. The molecule has 4 nitrogen and oxygen atoms in total. The van der Waals surface area contributed by atoms with Crippen molar-refractivity contribution in [1.29, 1.82) is 0 Å². The Morgan fingerprint density at radius 1 is 0.486 bits per heavy atom. The molecule has 2 N–H and O–H groups in total. The third kappa shape index (κ3) is 26.3. The molecule has 2 amide bonds. The van der Waals surface area contributed by atoms with Crippen LogP contribution in [0.1, 0.15) is 182 Å². The van der Waals surface area contributed by atoms with Gasteiger partial charge in [-0.1, -0.05) is 156 Å². The normalized spacial score (nSPS) is 12.1. The monoisotopic (exact) mass is 523 g/mol. The molecule has 4 heteroatoms. The van der Waals surface area contributed by atoms with Gasteiger partial charge in [-0.25, -0.2) is 0 Å². The second-order valence-corrected chi connectivity index (χ2v) is 11.8. The Labute approximate surface area is 232 Å². The zero-order valence-corrected chi connectivity index (χ0v) is 25.6. The third-order valence-electron chi connectivity index (χ3n) is 7.69. The summed E-state index contributed by atoms with van der Waals surface area (Å²) in [7, 11) is 0. The number of hydrogen-bond acceptors (Lipinski definition) is 2. The first-order chi connectivity index (χ1) is 18.0. The van der Waals surface area contributed by atoms with E-state index in [9.17, 15) is 9.59 Å². The summed E-state index contributed by atoms with van der Waals surface area (Å²) < 4.78 is 0. The summed E-state index contributed by atoms with van der Waals surface area (Å²) in [6, 6.07) is 0.0153. The molecule has 0 unspecified atom stereocenters. The van der Waals surface area contributed by atoms with Gasteiger partial charge in [0.1, 0.15) is 0 Å². The van der Waals surface area contributed by atoms with E-state index in [1.807, 2.05) is 0 Å². The van der Waals surface area contributed by atoms with Crippen molar-refractivity contribution in [1.82, 2.24) is 10.6 Å². The lowest BCUT2D eigenvalue weighted by molar-refractivity contribution is -0.124. The van der Waals surface area contributed by atoms with Gasteiger partial charge in [-0.3, -0.25) is 9.59 Å². The third-order valence-corrected chi connectivity index (χ3v) is 7.69. The minimum Gasteiger partial charge on any atom is -0.354 e. The van der Waals surface area contributed by atoms with Gasteiger partial charge < -0.3 is 10.6 Å². The van der Waals surface area contributed by atoms with Crippen LogP contribution in [-0.2, 0) is 9.59 Å². The van der Waals surface area contributed by atoms with Crippen LogP contribution in [0.15, 0.2) is 0 Å². The molecule has 0 fully saturated rings. The zero-order valence-electron chi connectivity index (χ0n) is 25.6. The van der Waals surface area contributed by atoms with Crippen molar-refractivity contribution in [3.63, 3.8) is 0 Å². The first-order valence-electron chi connectivity index (χ1n) is 16.6. The average molecular weight is 523 g/mol. The van der Waals surface area contributed by atoms with E-state index in [0.717, 1.165) is 25.7 Å². The van der Waals surface area contributed by atoms with Gasteiger partial charge in [0.05, 0.1) is 0 Å². The predicted molar refractivity (Wildman–Crippen MR) is 162 cm³/mol. The Kier molecular flexibility index (Phi) is 27.2. The van der Waals surface area contributed by atoms with Crippen LogP contribution in [-0.4, -0.2) is 24.4 Å². The van der Waals surface area contributed by atoms with Gasteiger partial charge in [0.15, 0.2) is 0 Å². The molecule has 0 aliphatic rings. The maximum absolute atomic E-state index is 12.4. The van der Waals surface area contributed by atoms with Crippen molar-refractivity contribution in [2.75, 3.05) is 6.54 Å². The van der Waals surface area contributed by atoms with E-state index in [1.54, 1.807) is 0 Å². The number of hydrogen-bond donors (Lipinski definition) is 2. The molecule has 0 radical (unpaired) electrons. The minimum atomic E-state index is 0.0153. The van der Waals surface area contributed by atoms with Gasteiger partial charge in [0, 0.05) is 25.4 Å². The molecule has 0 aromatic carbocycles. The maximum Gasteiger partial charge on any atom is 0.220 e. The molecule has 0 aromatic heterocycles. The molecule has 0 saturated heterocycles. The van der Waals surface area contributed by atoms with Crippen molar-refractivity contribution in [2.24, 2.45) is 5.92 Å². The summed E-state index contributed by atoms with van der Waals surface area (Å²) >= 11 is 0. The minimum absolute atomic E-state index is 0.0153. The Bertz CT molecular complexity index is 507. The summed E-state index contributed by atoms with van der Waals surface area (Å²) in [5, 5.41) is 6.23. The molecule has 1 atom stereocenters. The molecule has 0 aliphatic carbocycles. The van der Waals surface area contributed by atoms with Crippen molar-refractivity contribution >= 4 is 11.8 Å². The number of nitrogens with one attached hydrogen (secondary N) is 2. The van der Waals surface area contributed by atoms with E-state index in [1.165, 1.54) is 116 Å². The molecular formula is C33H66N2O2. The highest BCUT2D eigenvalue weighted by Gasteiger charge is 2.17. The van der Waals surface area contributed by atoms with Gasteiger partial charge in [0.2, 0.25) is 11.8 Å². The first kappa shape index (κ1) is 35.9. The average Bonchev–Trinajstić information content (AvgIpc) is 2.88. The molecule has 0 aromatic rings. The van der Waals surface area contributed by atoms with E-state index < -0.39 is 0 Å². The lowest BCUT2D eigenvalue weighted by Crippen LogP contribution is -2.46. The van der Waals surface area contributed by atoms with E-state index >= 15 is 0 Å². The Hall–Kier alpha value is -1.06. The molecule has 37 heavy (non-hydrogen) atoms. The number of carbonyl (C=O) groups is 2.